The molecule has 0 unspecified atom stereocenters. The van der Waals surface area contributed by atoms with Gasteiger partial charge in [-0.1, -0.05) is 41.9 Å². The van der Waals surface area contributed by atoms with Gasteiger partial charge < -0.3 is 14.8 Å². The third-order valence-electron chi connectivity index (χ3n) is 3.40. The minimum absolute atomic E-state index is 0.0946. The number of ether oxygens (including phenoxy) is 2. The van der Waals surface area contributed by atoms with E-state index in [4.69, 9.17) is 32.7 Å². The maximum atomic E-state index is 12.4. The monoisotopic (exact) mass is 402 g/mol. The van der Waals surface area contributed by atoms with E-state index in [1.54, 1.807) is 36.4 Å². The Morgan fingerprint density at radius 2 is 2.04 bits per heavy atom. The molecule has 5 nitrogen and oxygen atoms in total. The van der Waals surface area contributed by atoms with E-state index < -0.39 is 5.91 Å². The van der Waals surface area contributed by atoms with Crippen molar-refractivity contribution >= 4 is 40.9 Å². The van der Waals surface area contributed by atoms with Crippen molar-refractivity contribution in [1.82, 2.24) is 0 Å². The molecule has 0 aromatic heterocycles. The minimum Gasteiger partial charge on any atom is -0.493 e. The van der Waals surface area contributed by atoms with Gasteiger partial charge in [0.1, 0.15) is 18.2 Å². The molecule has 1 amide bonds. The predicted octanol–water partition coefficient (Wildman–Crippen LogP) is 5.11. The highest BCUT2D eigenvalue weighted by Crippen LogP contribution is 2.29. The van der Waals surface area contributed by atoms with Gasteiger partial charge in [-0.25, -0.2) is 0 Å². The summed E-state index contributed by atoms with van der Waals surface area (Å²) in [6, 6.07) is 11.6. The van der Waals surface area contributed by atoms with Crippen LogP contribution in [0.25, 0.3) is 6.08 Å². The van der Waals surface area contributed by atoms with Gasteiger partial charge in [-0.2, -0.15) is 5.26 Å². The smallest absolute Gasteiger partial charge is 0.266 e. The quantitative estimate of drug-likeness (QED) is 0.396. The number of hydrogen-bond donors (Lipinski definition) is 1. The summed E-state index contributed by atoms with van der Waals surface area (Å²) in [5.74, 6) is 0.419. The van der Waals surface area contributed by atoms with E-state index >= 15 is 0 Å². The standard InChI is InChI=1S/C20H16Cl2N2O3/c1-3-8-27-18-7-4-13(10-19(18)26-2)9-14(12-23)20(25)24-17-6-5-15(21)11-16(17)22/h3-7,9-11H,1,8H2,2H3,(H,24,25)/b14-9+. The fourth-order valence-electron chi connectivity index (χ4n) is 2.14. The van der Waals surface area contributed by atoms with Gasteiger partial charge in [-0.05, 0) is 42.0 Å². The molecule has 0 fully saturated rings. The van der Waals surface area contributed by atoms with Crippen molar-refractivity contribution in [3.63, 3.8) is 0 Å². The van der Waals surface area contributed by atoms with Crippen molar-refractivity contribution < 1.29 is 14.3 Å². The van der Waals surface area contributed by atoms with Crippen LogP contribution >= 0.6 is 23.2 Å². The third-order valence-corrected chi connectivity index (χ3v) is 3.95. The van der Waals surface area contributed by atoms with Crippen LogP contribution in [0, 0.1) is 11.3 Å². The molecule has 0 heterocycles. The zero-order chi connectivity index (χ0) is 19.8. The van der Waals surface area contributed by atoms with Crippen LogP contribution in [0.4, 0.5) is 5.69 Å². The molecule has 0 bridgehead atoms. The molecule has 0 saturated carbocycles. The topological polar surface area (TPSA) is 71.3 Å². The van der Waals surface area contributed by atoms with Gasteiger partial charge in [0, 0.05) is 5.02 Å². The van der Waals surface area contributed by atoms with Crippen molar-refractivity contribution in [3.8, 4) is 17.6 Å². The van der Waals surface area contributed by atoms with Crippen molar-refractivity contribution in [2.75, 3.05) is 19.0 Å². The van der Waals surface area contributed by atoms with Crippen molar-refractivity contribution in [2.24, 2.45) is 0 Å². The number of nitriles is 1. The Hall–Kier alpha value is -2.94. The molecule has 0 aliphatic heterocycles. The molecule has 7 heteroatoms. The summed E-state index contributed by atoms with van der Waals surface area (Å²) in [4.78, 5) is 12.4. The first-order chi connectivity index (χ1) is 13.0. The second kappa shape index (κ2) is 9.67. The van der Waals surface area contributed by atoms with Crippen molar-refractivity contribution in [2.45, 2.75) is 0 Å². The Labute approximate surface area is 167 Å². The minimum atomic E-state index is -0.590. The second-order valence-electron chi connectivity index (χ2n) is 5.26. The maximum absolute atomic E-state index is 12.4. The first-order valence-electron chi connectivity index (χ1n) is 7.78. The van der Waals surface area contributed by atoms with Crippen LogP contribution in [0.2, 0.25) is 10.0 Å². The molecule has 0 aliphatic rings. The Bertz CT molecular complexity index is 933. The average molecular weight is 403 g/mol. The average Bonchev–Trinajstić information content (AvgIpc) is 2.66. The molecule has 0 aliphatic carbocycles. The number of benzene rings is 2. The van der Waals surface area contributed by atoms with Crippen LogP contribution in [0.3, 0.4) is 0 Å². The molecule has 1 N–H and O–H groups in total. The number of nitrogens with zero attached hydrogens (tertiary/aromatic N) is 1. The molecule has 138 valence electrons. The molecule has 27 heavy (non-hydrogen) atoms. The summed E-state index contributed by atoms with van der Waals surface area (Å²) in [6.07, 6.45) is 3.06. The van der Waals surface area contributed by atoms with E-state index in [1.165, 1.54) is 19.3 Å². The van der Waals surface area contributed by atoms with Crippen LogP contribution in [-0.2, 0) is 4.79 Å². The van der Waals surface area contributed by atoms with Crippen molar-refractivity contribution in [3.05, 3.63) is 70.2 Å². The van der Waals surface area contributed by atoms with Crippen LogP contribution in [0.15, 0.2) is 54.6 Å². The zero-order valence-electron chi connectivity index (χ0n) is 14.5. The predicted molar refractivity (Wildman–Crippen MR) is 107 cm³/mol. The van der Waals surface area contributed by atoms with Gasteiger partial charge in [-0.15, -0.1) is 0 Å². The fourth-order valence-corrected chi connectivity index (χ4v) is 2.59. The van der Waals surface area contributed by atoms with E-state index in [-0.39, 0.29) is 10.6 Å². The van der Waals surface area contributed by atoms with Gasteiger partial charge >= 0.3 is 0 Å². The van der Waals surface area contributed by atoms with Crippen molar-refractivity contribution in [1.29, 1.82) is 5.26 Å². The number of carbonyl (C=O) groups is 1. The van der Waals surface area contributed by atoms with Gasteiger partial charge in [0.25, 0.3) is 5.91 Å². The zero-order valence-corrected chi connectivity index (χ0v) is 16.0. The molecule has 0 spiro atoms. The van der Waals surface area contributed by atoms with E-state index in [0.29, 0.717) is 34.4 Å². The Kier molecular flexibility index (Phi) is 7.30. The Morgan fingerprint density at radius 3 is 2.67 bits per heavy atom. The summed E-state index contributed by atoms with van der Waals surface area (Å²) in [6.45, 7) is 3.92. The van der Waals surface area contributed by atoms with E-state index in [2.05, 4.69) is 11.9 Å². The normalized spacial score (nSPS) is 10.7. The summed E-state index contributed by atoms with van der Waals surface area (Å²) in [5.41, 5.74) is 0.868. The highest BCUT2D eigenvalue weighted by atomic mass is 35.5. The van der Waals surface area contributed by atoms with Crippen LogP contribution in [0.5, 0.6) is 11.5 Å². The lowest BCUT2D eigenvalue weighted by Crippen LogP contribution is -2.13. The number of methoxy groups -OCH3 is 1. The number of nitrogens with one attached hydrogen (secondary N) is 1. The van der Waals surface area contributed by atoms with Gasteiger partial charge in [-0.3, -0.25) is 4.79 Å². The molecule has 2 rings (SSSR count). The second-order valence-corrected chi connectivity index (χ2v) is 6.10. The SMILES string of the molecule is C=CCOc1ccc(/C=C(\C#N)C(=O)Nc2ccc(Cl)cc2Cl)cc1OC. The largest absolute Gasteiger partial charge is 0.493 e. The first-order valence-corrected chi connectivity index (χ1v) is 8.54. The summed E-state index contributed by atoms with van der Waals surface area (Å²) in [5, 5.41) is 12.7. The lowest BCUT2D eigenvalue weighted by molar-refractivity contribution is -0.112. The third kappa shape index (κ3) is 5.52. The summed E-state index contributed by atoms with van der Waals surface area (Å²) < 4.78 is 10.8. The molecular formula is C20H16Cl2N2O3. The van der Waals surface area contributed by atoms with Crippen LogP contribution in [0.1, 0.15) is 5.56 Å². The summed E-state index contributed by atoms with van der Waals surface area (Å²) >= 11 is 11.9. The Morgan fingerprint density at radius 1 is 1.26 bits per heavy atom. The summed E-state index contributed by atoms with van der Waals surface area (Å²) in [7, 11) is 1.50. The number of amides is 1. The van der Waals surface area contributed by atoms with Gasteiger partial charge in [0.05, 0.1) is 17.8 Å². The van der Waals surface area contributed by atoms with Crippen LogP contribution in [-0.4, -0.2) is 19.6 Å². The lowest BCUT2D eigenvalue weighted by atomic mass is 10.1. The number of halogens is 2. The lowest BCUT2D eigenvalue weighted by Gasteiger charge is -2.10. The number of anilines is 1. The van der Waals surface area contributed by atoms with E-state index in [9.17, 15) is 10.1 Å². The molecular weight excluding hydrogens is 387 g/mol. The number of hydrogen-bond acceptors (Lipinski definition) is 4. The van der Waals surface area contributed by atoms with E-state index in [1.807, 2.05) is 6.07 Å². The molecule has 0 saturated heterocycles. The first kappa shape index (κ1) is 20.4. The number of rotatable bonds is 7. The van der Waals surface area contributed by atoms with Gasteiger partial charge in [0.2, 0.25) is 0 Å². The van der Waals surface area contributed by atoms with E-state index in [0.717, 1.165) is 0 Å². The molecule has 2 aromatic carbocycles. The molecule has 2 aromatic rings. The molecule has 0 atom stereocenters. The fraction of sp³-hybridized carbons (Fsp3) is 0.100. The number of carbonyl (C=O) groups excluding carboxylic acids is 1. The highest BCUT2D eigenvalue weighted by Gasteiger charge is 2.13. The highest BCUT2D eigenvalue weighted by molar-refractivity contribution is 6.36. The maximum Gasteiger partial charge on any atom is 0.266 e. The van der Waals surface area contributed by atoms with Gasteiger partial charge in [0.15, 0.2) is 11.5 Å². The van der Waals surface area contributed by atoms with Crippen LogP contribution < -0.4 is 14.8 Å². The molecule has 0 radical (unpaired) electrons. The Balaban J connectivity index is 2.25.